The number of aromatic nitrogens is 1. The number of ether oxygens (including phenoxy) is 1. The van der Waals surface area contributed by atoms with E-state index in [9.17, 15) is 5.11 Å². The number of nitrogens with zero attached hydrogens (tertiary/aromatic N) is 1. The van der Waals surface area contributed by atoms with Crippen molar-refractivity contribution >= 4 is 17.9 Å². The molecule has 2 N–H and O–H groups in total. The number of rotatable bonds is 3. The molecule has 0 spiro atoms. The Morgan fingerprint density at radius 3 is 2.94 bits per heavy atom. The topological polar surface area (TPSA) is 48.5 Å². The monoisotopic (exact) mass is 254 g/mol. The van der Waals surface area contributed by atoms with Gasteiger partial charge in [0, 0.05) is 19.9 Å². The molecular formula is C12H18N2O2S. The number of aliphatic hydroxyl groups is 1. The Hall–Kier alpha value is -0.910. The normalized spacial score (nSPS) is 24.9. The van der Waals surface area contributed by atoms with Crippen molar-refractivity contribution < 1.29 is 9.84 Å². The van der Waals surface area contributed by atoms with Gasteiger partial charge < -0.3 is 19.7 Å². The summed E-state index contributed by atoms with van der Waals surface area (Å²) in [5, 5.41) is 9.42. The molecule has 0 saturated carbocycles. The van der Waals surface area contributed by atoms with E-state index < -0.39 is 0 Å². The third kappa shape index (κ3) is 2.86. The average molecular weight is 254 g/mol. The Labute approximate surface area is 106 Å². The highest BCUT2D eigenvalue weighted by molar-refractivity contribution is 7.71. The third-order valence-electron chi connectivity index (χ3n) is 3.31. The molecule has 2 atom stereocenters. The van der Waals surface area contributed by atoms with E-state index in [4.69, 9.17) is 17.0 Å². The lowest BCUT2D eigenvalue weighted by Crippen LogP contribution is -2.48. The summed E-state index contributed by atoms with van der Waals surface area (Å²) >= 11 is 5.03. The van der Waals surface area contributed by atoms with Gasteiger partial charge in [0.25, 0.3) is 0 Å². The lowest BCUT2D eigenvalue weighted by Gasteiger charge is -2.39. The van der Waals surface area contributed by atoms with Crippen LogP contribution in [0.5, 0.6) is 0 Å². The lowest BCUT2D eigenvalue weighted by atomic mass is 10.00. The first-order valence-electron chi connectivity index (χ1n) is 5.83. The highest BCUT2D eigenvalue weighted by Gasteiger charge is 2.27. The van der Waals surface area contributed by atoms with Crippen molar-refractivity contribution in [2.45, 2.75) is 25.0 Å². The van der Waals surface area contributed by atoms with E-state index in [1.165, 1.54) is 0 Å². The Kier molecular flexibility index (Phi) is 4.15. The SMILES string of the molecule is COC1CCC(CO)N(c2ccc(=S)[nH]c2)C1. The van der Waals surface area contributed by atoms with Crippen molar-refractivity contribution in [1.29, 1.82) is 0 Å². The Morgan fingerprint density at radius 2 is 2.35 bits per heavy atom. The molecule has 2 rings (SSSR count). The van der Waals surface area contributed by atoms with E-state index in [2.05, 4.69) is 9.88 Å². The minimum atomic E-state index is 0.172. The number of aliphatic hydroxyl groups excluding tert-OH is 1. The smallest absolute Gasteiger partial charge is 0.103 e. The second-order valence-electron chi connectivity index (χ2n) is 4.33. The summed E-state index contributed by atoms with van der Waals surface area (Å²) in [6.45, 7) is 0.985. The largest absolute Gasteiger partial charge is 0.394 e. The summed E-state index contributed by atoms with van der Waals surface area (Å²) in [4.78, 5) is 5.21. The van der Waals surface area contributed by atoms with Crippen LogP contribution in [0.4, 0.5) is 5.69 Å². The van der Waals surface area contributed by atoms with Crippen LogP contribution in [-0.4, -0.2) is 42.5 Å². The summed E-state index contributed by atoms with van der Waals surface area (Å²) in [6, 6.07) is 4.03. The second kappa shape index (κ2) is 5.62. The fourth-order valence-electron chi connectivity index (χ4n) is 2.27. The Bertz CT molecular complexity index is 401. The van der Waals surface area contributed by atoms with Crippen molar-refractivity contribution in [2.24, 2.45) is 0 Å². The fourth-order valence-corrected chi connectivity index (χ4v) is 2.40. The van der Waals surface area contributed by atoms with Gasteiger partial charge in [-0.3, -0.25) is 0 Å². The number of H-pyrrole nitrogens is 1. The molecule has 2 unspecified atom stereocenters. The zero-order chi connectivity index (χ0) is 12.3. The van der Waals surface area contributed by atoms with Crippen LogP contribution in [0.1, 0.15) is 12.8 Å². The molecule has 2 heterocycles. The highest BCUT2D eigenvalue weighted by atomic mass is 32.1. The first kappa shape index (κ1) is 12.5. The minimum absolute atomic E-state index is 0.172. The molecule has 94 valence electrons. The van der Waals surface area contributed by atoms with Crippen LogP contribution in [0, 0.1) is 4.64 Å². The van der Waals surface area contributed by atoms with Crippen LogP contribution in [0.15, 0.2) is 18.3 Å². The third-order valence-corrected chi connectivity index (χ3v) is 3.56. The number of hydrogen-bond donors (Lipinski definition) is 2. The first-order valence-corrected chi connectivity index (χ1v) is 6.24. The molecule has 4 nitrogen and oxygen atoms in total. The van der Waals surface area contributed by atoms with Crippen molar-refractivity contribution in [3.05, 3.63) is 23.0 Å². The average Bonchev–Trinajstić information content (AvgIpc) is 2.39. The molecule has 17 heavy (non-hydrogen) atoms. The van der Waals surface area contributed by atoms with Crippen molar-refractivity contribution in [1.82, 2.24) is 4.98 Å². The van der Waals surface area contributed by atoms with Gasteiger partial charge in [-0.2, -0.15) is 0 Å². The predicted octanol–water partition coefficient (Wildman–Crippen LogP) is 1.72. The molecule has 1 aliphatic rings. The van der Waals surface area contributed by atoms with Crippen LogP contribution in [-0.2, 0) is 4.74 Å². The second-order valence-corrected chi connectivity index (χ2v) is 4.77. The molecule has 0 aliphatic carbocycles. The number of methoxy groups -OCH3 is 1. The number of hydrogen-bond acceptors (Lipinski definition) is 4. The quantitative estimate of drug-likeness (QED) is 0.806. The molecule has 1 aromatic rings. The van der Waals surface area contributed by atoms with Gasteiger partial charge in [0.05, 0.1) is 24.4 Å². The molecule has 5 heteroatoms. The molecule has 1 aromatic heterocycles. The lowest BCUT2D eigenvalue weighted by molar-refractivity contribution is 0.0744. The van der Waals surface area contributed by atoms with Crippen LogP contribution in [0.2, 0.25) is 0 Å². The molecular weight excluding hydrogens is 236 g/mol. The van der Waals surface area contributed by atoms with Crippen LogP contribution >= 0.6 is 12.2 Å². The molecule has 0 bridgehead atoms. The number of nitrogens with one attached hydrogen (secondary N) is 1. The van der Waals surface area contributed by atoms with Crippen LogP contribution in [0.25, 0.3) is 0 Å². The maximum absolute atomic E-state index is 9.42. The molecule has 0 amide bonds. The standard InChI is InChI=1S/C12H18N2O2S/c1-16-11-4-2-10(8-15)14(7-11)9-3-5-12(17)13-6-9/h3,5-6,10-11,15H,2,4,7-8H2,1H3,(H,13,17). The predicted molar refractivity (Wildman–Crippen MR) is 69.9 cm³/mol. The zero-order valence-electron chi connectivity index (χ0n) is 9.93. The van der Waals surface area contributed by atoms with E-state index in [-0.39, 0.29) is 18.8 Å². The van der Waals surface area contributed by atoms with Gasteiger partial charge in [-0.05, 0) is 25.0 Å². The Morgan fingerprint density at radius 1 is 1.53 bits per heavy atom. The number of piperidine rings is 1. The summed E-state index contributed by atoms with van der Waals surface area (Å²) in [5.41, 5.74) is 1.06. The Balaban J connectivity index is 2.19. The van der Waals surface area contributed by atoms with Crippen molar-refractivity contribution in [3.8, 4) is 0 Å². The fraction of sp³-hybridized carbons (Fsp3) is 0.583. The molecule has 1 aliphatic heterocycles. The maximum atomic E-state index is 9.42. The number of aromatic amines is 1. The molecule has 0 radical (unpaired) electrons. The maximum Gasteiger partial charge on any atom is 0.103 e. The number of anilines is 1. The van der Waals surface area contributed by atoms with E-state index in [1.54, 1.807) is 7.11 Å². The van der Waals surface area contributed by atoms with Crippen LogP contribution in [0.3, 0.4) is 0 Å². The van der Waals surface area contributed by atoms with Crippen LogP contribution < -0.4 is 4.90 Å². The van der Waals surface area contributed by atoms with Gasteiger partial charge >= 0.3 is 0 Å². The summed E-state index contributed by atoms with van der Waals surface area (Å²) in [5.74, 6) is 0. The molecule has 1 saturated heterocycles. The molecule has 1 fully saturated rings. The molecule has 0 aromatic carbocycles. The summed E-state index contributed by atoms with van der Waals surface area (Å²) < 4.78 is 6.12. The zero-order valence-corrected chi connectivity index (χ0v) is 10.7. The minimum Gasteiger partial charge on any atom is -0.394 e. The summed E-state index contributed by atoms with van der Waals surface area (Å²) in [7, 11) is 1.74. The highest BCUT2D eigenvalue weighted by Crippen LogP contribution is 2.25. The first-order chi connectivity index (χ1) is 8.24. The van der Waals surface area contributed by atoms with Gasteiger partial charge in [0.1, 0.15) is 4.64 Å². The van der Waals surface area contributed by atoms with Crippen molar-refractivity contribution in [2.75, 3.05) is 25.2 Å². The van der Waals surface area contributed by atoms with Gasteiger partial charge in [0.15, 0.2) is 0 Å². The van der Waals surface area contributed by atoms with E-state index in [0.29, 0.717) is 0 Å². The van der Waals surface area contributed by atoms with Gasteiger partial charge in [0.2, 0.25) is 0 Å². The van der Waals surface area contributed by atoms with E-state index in [1.807, 2.05) is 18.3 Å². The van der Waals surface area contributed by atoms with Gasteiger partial charge in [-0.25, -0.2) is 0 Å². The van der Waals surface area contributed by atoms with E-state index >= 15 is 0 Å². The van der Waals surface area contributed by atoms with Crippen molar-refractivity contribution in [3.63, 3.8) is 0 Å². The summed E-state index contributed by atoms with van der Waals surface area (Å²) in [6.07, 6.45) is 4.08. The van der Waals surface area contributed by atoms with Gasteiger partial charge in [-0.1, -0.05) is 12.2 Å². The van der Waals surface area contributed by atoms with E-state index in [0.717, 1.165) is 29.7 Å². The van der Waals surface area contributed by atoms with Gasteiger partial charge in [-0.15, -0.1) is 0 Å². The number of pyridine rings is 1.